The maximum absolute atomic E-state index is 5.09. The molecule has 2 aliphatic rings. The van der Waals surface area contributed by atoms with Crippen LogP contribution in [-0.4, -0.2) is 30.6 Å². The first-order valence-corrected chi connectivity index (χ1v) is 5.39. The molecule has 0 aromatic carbocycles. The molecule has 0 radical (unpaired) electrons. The molecule has 0 amide bonds. The minimum absolute atomic E-state index is 0.768. The van der Waals surface area contributed by atoms with E-state index in [0.29, 0.717) is 0 Å². The van der Waals surface area contributed by atoms with Gasteiger partial charge in [-0.2, -0.15) is 0 Å². The first kappa shape index (κ1) is 8.50. The topological polar surface area (TPSA) is 28.4 Å². The summed E-state index contributed by atoms with van der Waals surface area (Å²) in [5, 5.41) is 3.47. The lowest BCUT2D eigenvalue weighted by Gasteiger charge is -2.22. The molecule has 3 nitrogen and oxygen atoms in total. The van der Waals surface area contributed by atoms with E-state index in [-0.39, 0.29) is 0 Å². The van der Waals surface area contributed by atoms with Crippen LogP contribution in [0.1, 0.15) is 12.0 Å². The van der Waals surface area contributed by atoms with Crippen LogP contribution in [0.4, 0.5) is 0 Å². The molecule has 0 unspecified atom stereocenters. The van der Waals surface area contributed by atoms with Crippen LogP contribution in [0, 0.1) is 5.92 Å². The third kappa shape index (κ3) is 1.37. The molecular weight excluding hydrogens is 176 g/mol. The van der Waals surface area contributed by atoms with Crippen LogP contribution in [0.3, 0.4) is 0 Å². The predicted molar refractivity (Wildman–Crippen MR) is 53.9 cm³/mol. The van der Waals surface area contributed by atoms with Gasteiger partial charge in [0.15, 0.2) is 0 Å². The van der Waals surface area contributed by atoms with Crippen molar-refractivity contribution < 1.29 is 4.42 Å². The fourth-order valence-corrected chi connectivity index (χ4v) is 2.75. The van der Waals surface area contributed by atoms with Crippen LogP contribution in [0.15, 0.2) is 23.0 Å². The quantitative estimate of drug-likeness (QED) is 0.760. The molecular formula is C11H16N2O. The van der Waals surface area contributed by atoms with E-state index in [2.05, 4.69) is 16.3 Å². The van der Waals surface area contributed by atoms with Gasteiger partial charge >= 0.3 is 0 Å². The van der Waals surface area contributed by atoms with Gasteiger partial charge in [0.1, 0.15) is 0 Å². The summed E-state index contributed by atoms with van der Waals surface area (Å²) in [6.45, 7) is 4.69. The summed E-state index contributed by atoms with van der Waals surface area (Å²) in [5.41, 5.74) is 1.30. The number of hydrogen-bond donors (Lipinski definition) is 1. The van der Waals surface area contributed by atoms with Crippen LogP contribution < -0.4 is 5.32 Å². The first-order valence-electron chi connectivity index (χ1n) is 5.39. The molecule has 2 fully saturated rings. The SMILES string of the molecule is c1cc(CN2CC[C@H]3CNC[C@H]32)co1. The van der Waals surface area contributed by atoms with Crippen molar-refractivity contribution in [2.75, 3.05) is 19.6 Å². The summed E-state index contributed by atoms with van der Waals surface area (Å²) in [7, 11) is 0. The van der Waals surface area contributed by atoms with Crippen LogP contribution in [-0.2, 0) is 6.54 Å². The monoisotopic (exact) mass is 192 g/mol. The minimum Gasteiger partial charge on any atom is -0.472 e. The average Bonchev–Trinajstić information content (AvgIpc) is 2.85. The third-order valence-electron chi connectivity index (χ3n) is 3.53. The molecule has 0 spiro atoms. The zero-order chi connectivity index (χ0) is 9.38. The van der Waals surface area contributed by atoms with Gasteiger partial charge < -0.3 is 9.73 Å². The minimum atomic E-state index is 0.768. The van der Waals surface area contributed by atoms with Crippen LogP contribution in [0.25, 0.3) is 0 Å². The van der Waals surface area contributed by atoms with E-state index in [4.69, 9.17) is 4.42 Å². The average molecular weight is 192 g/mol. The predicted octanol–water partition coefficient (Wildman–Crippen LogP) is 1.07. The highest BCUT2D eigenvalue weighted by atomic mass is 16.3. The molecule has 76 valence electrons. The van der Waals surface area contributed by atoms with Crippen molar-refractivity contribution in [1.29, 1.82) is 0 Å². The largest absolute Gasteiger partial charge is 0.472 e. The van der Waals surface area contributed by atoms with Crippen LogP contribution >= 0.6 is 0 Å². The van der Waals surface area contributed by atoms with Gasteiger partial charge in [-0.25, -0.2) is 0 Å². The van der Waals surface area contributed by atoms with E-state index < -0.39 is 0 Å². The van der Waals surface area contributed by atoms with Crippen LogP contribution in [0.5, 0.6) is 0 Å². The maximum Gasteiger partial charge on any atom is 0.0947 e. The third-order valence-corrected chi connectivity index (χ3v) is 3.53. The highest BCUT2D eigenvalue weighted by Gasteiger charge is 2.37. The van der Waals surface area contributed by atoms with Gasteiger partial charge in [0.25, 0.3) is 0 Å². The Labute approximate surface area is 84.1 Å². The van der Waals surface area contributed by atoms with E-state index in [0.717, 1.165) is 18.5 Å². The summed E-state index contributed by atoms with van der Waals surface area (Å²) in [6.07, 6.45) is 4.97. The fraction of sp³-hybridized carbons (Fsp3) is 0.636. The zero-order valence-corrected chi connectivity index (χ0v) is 8.28. The summed E-state index contributed by atoms with van der Waals surface area (Å²) >= 11 is 0. The van der Waals surface area contributed by atoms with E-state index in [1.54, 1.807) is 6.26 Å². The highest BCUT2D eigenvalue weighted by molar-refractivity contribution is 5.07. The molecule has 3 heteroatoms. The number of nitrogens with one attached hydrogen (secondary N) is 1. The van der Waals surface area contributed by atoms with Crippen molar-refractivity contribution in [3.63, 3.8) is 0 Å². The fourth-order valence-electron chi connectivity index (χ4n) is 2.75. The molecule has 0 aliphatic carbocycles. The lowest BCUT2D eigenvalue weighted by Crippen LogP contribution is -2.33. The summed E-state index contributed by atoms with van der Waals surface area (Å²) < 4.78 is 5.09. The summed E-state index contributed by atoms with van der Waals surface area (Å²) in [6, 6.07) is 2.83. The second-order valence-electron chi connectivity index (χ2n) is 4.38. The van der Waals surface area contributed by atoms with Gasteiger partial charge in [-0.05, 0) is 31.5 Å². The molecule has 14 heavy (non-hydrogen) atoms. The molecule has 0 bridgehead atoms. The van der Waals surface area contributed by atoms with E-state index >= 15 is 0 Å². The number of likely N-dealkylation sites (tertiary alicyclic amines) is 1. The Balaban J connectivity index is 1.68. The molecule has 2 atom stereocenters. The molecule has 1 aromatic heterocycles. The number of hydrogen-bond acceptors (Lipinski definition) is 3. The van der Waals surface area contributed by atoms with Crippen molar-refractivity contribution in [2.45, 2.75) is 19.0 Å². The number of furan rings is 1. The first-order chi connectivity index (χ1) is 6.93. The molecule has 1 aromatic rings. The van der Waals surface area contributed by atoms with Crippen molar-refractivity contribution in [3.8, 4) is 0 Å². The zero-order valence-electron chi connectivity index (χ0n) is 8.28. The Kier molecular flexibility index (Phi) is 2.07. The Morgan fingerprint density at radius 1 is 1.50 bits per heavy atom. The molecule has 3 rings (SSSR count). The standard InChI is InChI=1S/C11H16N2O/c1-3-13(7-9-2-4-14-8-9)11-6-12-5-10(1)11/h2,4,8,10-12H,1,3,5-7H2/t10-,11+/m0/s1. The molecule has 2 saturated heterocycles. The Morgan fingerprint density at radius 3 is 3.36 bits per heavy atom. The number of nitrogens with zero attached hydrogens (tertiary/aromatic N) is 1. The summed E-state index contributed by atoms with van der Waals surface area (Å²) in [4.78, 5) is 2.58. The van der Waals surface area contributed by atoms with Gasteiger partial charge in [0.2, 0.25) is 0 Å². The maximum atomic E-state index is 5.09. The second kappa shape index (κ2) is 3.41. The molecule has 0 saturated carbocycles. The Hall–Kier alpha value is -0.800. The van der Waals surface area contributed by atoms with E-state index in [9.17, 15) is 0 Å². The van der Waals surface area contributed by atoms with E-state index in [1.165, 1.54) is 31.6 Å². The normalized spacial score (nSPS) is 32.3. The lowest BCUT2D eigenvalue weighted by molar-refractivity contribution is 0.243. The van der Waals surface area contributed by atoms with Gasteiger partial charge in [-0.15, -0.1) is 0 Å². The van der Waals surface area contributed by atoms with Gasteiger partial charge in [-0.3, -0.25) is 4.90 Å². The van der Waals surface area contributed by atoms with Crippen molar-refractivity contribution >= 4 is 0 Å². The molecule has 2 aliphatic heterocycles. The Bertz CT molecular complexity index is 296. The van der Waals surface area contributed by atoms with Gasteiger partial charge in [0, 0.05) is 24.7 Å². The van der Waals surface area contributed by atoms with Crippen LogP contribution in [0.2, 0.25) is 0 Å². The van der Waals surface area contributed by atoms with Crippen molar-refractivity contribution in [2.24, 2.45) is 5.92 Å². The van der Waals surface area contributed by atoms with Crippen molar-refractivity contribution in [3.05, 3.63) is 24.2 Å². The second-order valence-corrected chi connectivity index (χ2v) is 4.38. The summed E-state index contributed by atoms with van der Waals surface area (Å²) in [5.74, 6) is 0.891. The molecule has 1 N–H and O–H groups in total. The van der Waals surface area contributed by atoms with Gasteiger partial charge in [0.05, 0.1) is 12.5 Å². The molecule has 3 heterocycles. The highest BCUT2D eigenvalue weighted by Crippen LogP contribution is 2.28. The Morgan fingerprint density at radius 2 is 2.50 bits per heavy atom. The number of fused-ring (bicyclic) bond motifs is 1. The smallest absolute Gasteiger partial charge is 0.0947 e. The van der Waals surface area contributed by atoms with Crippen molar-refractivity contribution in [1.82, 2.24) is 10.2 Å². The van der Waals surface area contributed by atoms with E-state index in [1.807, 2.05) is 6.26 Å². The lowest BCUT2D eigenvalue weighted by atomic mass is 10.1. The van der Waals surface area contributed by atoms with Gasteiger partial charge in [-0.1, -0.05) is 0 Å². The number of rotatable bonds is 2.